The molecular formula is C42H24N2O12S. The van der Waals surface area contributed by atoms with Crippen LogP contribution in [0.3, 0.4) is 0 Å². The van der Waals surface area contributed by atoms with Gasteiger partial charge in [-0.3, -0.25) is 19.2 Å². The predicted octanol–water partition coefficient (Wildman–Crippen LogP) is 7.10. The molecule has 2 N–H and O–H groups in total. The second-order valence-electron chi connectivity index (χ2n) is 12.7. The van der Waals surface area contributed by atoms with E-state index in [9.17, 15) is 37.2 Å². The van der Waals surface area contributed by atoms with Crippen molar-refractivity contribution >= 4 is 56.8 Å². The molecule has 0 spiro atoms. The number of anilines is 2. The zero-order chi connectivity index (χ0) is 40.2. The van der Waals surface area contributed by atoms with E-state index >= 15 is 0 Å². The normalized spacial score (nSPS) is 13.4. The number of aromatic carboxylic acids is 2. The first-order valence-electron chi connectivity index (χ1n) is 16.8. The van der Waals surface area contributed by atoms with Crippen LogP contribution < -0.4 is 19.3 Å². The van der Waals surface area contributed by atoms with Gasteiger partial charge in [0.1, 0.15) is 23.0 Å². The molecule has 0 aromatic heterocycles. The van der Waals surface area contributed by atoms with Crippen LogP contribution in [-0.2, 0) is 9.84 Å². The number of imide groups is 2. The Morgan fingerprint density at radius 1 is 0.421 bits per heavy atom. The van der Waals surface area contributed by atoms with E-state index in [-0.39, 0.29) is 66.0 Å². The number of benzene rings is 6. The molecule has 2 heterocycles. The van der Waals surface area contributed by atoms with Gasteiger partial charge in [0.2, 0.25) is 9.84 Å². The fourth-order valence-corrected chi connectivity index (χ4v) is 7.58. The molecule has 8 rings (SSSR count). The molecule has 0 unspecified atom stereocenters. The summed E-state index contributed by atoms with van der Waals surface area (Å²) in [6, 6.07) is 30.2. The second kappa shape index (κ2) is 13.7. The highest BCUT2D eigenvalue weighted by Gasteiger charge is 2.39. The summed E-state index contributed by atoms with van der Waals surface area (Å²) in [6.45, 7) is 0. The van der Waals surface area contributed by atoms with Crippen molar-refractivity contribution < 1.29 is 56.9 Å². The molecular weight excluding hydrogens is 757 g/mol. The summed E-state index contributed by atoms with van der Waals surface area (Å²) in [5, 5.41) is 18.2. The van der Waals surface area contributed by atoms with Crippen LogP contribution in [0, 0.1) is 0 Å². The van der Waals surface area contributed by atoms with Crippen LogP contribution >= 0.6 is 0 Å². The number of carbonyl (C=O) groups is 6. The summed E-state index contributed by atoms with van der Waals surface area (Å²) in [5.74, 6) is -3.65. The number of carbonyl (C=O) groups excluding carboxylic acids is 4. The first-order valence-corrected chi connectivity index (χ1v) is 18.3. The van der Waals surface area contributed by atoms with Gasteiger partial charge in [-0.25, -0.2) is 27.8 Å². The van der Waals surface area contributed by atoms with Crippen LogP contribution in [0.25, 0.3) is 0 Å². The lowest BCUT2D eigenvalue weighted by atomic mass is 10.1. The summed E-state index contributed by atoms with van der Waals surface area (Å²) in [4.78, 5) is 77.2. The number of carboxylic acid groups (broad SMARTS) is 2. The SMILES string of the molecule is O=C(O)c1ccc(Oc2ccc3c(c2)C(=O)N(c2ccc(S(=O)(=O)c4ccc(N5C(=O)c6ccc(Oc7ccc(C(=O)O)cc7)cc6C5=O)cc4)cc2)C3=O)cc1. The van der Waals surface area contributed by atoms with Gasteiger partial charge in [0.25, 0.3) is 23.6 Å². The van der Waals surface area contributed by atoms with Gasteiger partial charge in [-0.15, -0.1) is 0 Å². The monoisotopic (exact) mass is 780 g/mol. The standard InChI is InChI=1S/C42H24N2O12S/c45-37-33-19-13-29(55-27-9-1-23(2-10-27)41(49)50)21-35(33)39(47)43(37)25-5-15-31(16-6-25)57(53,54)32-17-7-26(8-18-32)44-38(46)34-20-14-30(22-36(34)40(44)48)56-28-11-3-24(4-12-28)42(51)52/h1-22H,(H,49,50)(H,51,52). The van der Waals surface area contributed by atoms with Gasteiger partial charge < -0.3 is 19.7 Å². The molecule has 6 aromatic carbocycles. The minimum Gasteiger partial charge on any atom is -0.478 e. The fraction of sp³-hybridized carbons (Fsp3) is 0. The molecule has 15 heteroatoms. The van der Waals surface area contributed by atoms with Gasteiger partial charge in [0.15, 0.2) is 0 Å². The summed E-state index contributed by atoms with van der Waals surface area (Å²) in [5.41, 5.74) is 0.734. The maximum atomic E-state index is 13.6. The average Bonchev–Trinajstić information content (AvgIpc) is 3.61. The molecule has 0 radical (unpaired) electrons. The molecule has 14 nitrogen and oxygen atoms in total. The third kappa shape index (κ3) is 6.43. The van der Waals surface area contributed by atoms with E-state index in [4.69, 9.17) is 19.7 Å². The van der Waals surface area contributed by atoms with Gasteiger partial charge in [0, 0.05) is 0 Å². The third-order valence-electron chi connectivity index (χ3n) is 9.20. The third-order valence-corrected chi connectivity index (χ3v) is 11.0. The predicted molar refractivity (Wildman–Crippen MR) is 200 cm³/mol. The summed E-state index contributed by atoms with van der Waals surface area (Å²) in [7, 11) is -4.14. The van der Waals surface area contributed by atoms with E-state index < -0.39 is 45.4 Å². The number of nitrogens with zero attached hydrogens (tertiary/aromatic N) is 2. The minimum atomic E-state index is -4.14. The number of fused-ring (bicyclic) bond motifs is 2. The fourth-order valence-electron chi connectivity index (χ4n) is 6.32. The Morgan fingerprint density at radius 2 is 0.737 bits per heavy atom. The van der Waals surface area contributed by atoms with Crippen molar-refractivity contribution in [3.63, 3.8) is 0 Å². The van der Waals surface area contributed by atoms with Crippen LogP contribution in [0.4, 0.5) is 11.4 Å². The molecule has 0 bridgehead atoms. The van der Waals surface area contributed by atoms with E-state index in [0.717, 1.165) is 9.80 Å². The highest BCUT2D eigenvalue weighted by Crippen LogP contribution is 2.36. The van der Waals surface area contributed by atoms with Crippen molar-refractivity contribution in [2.75, 3.05) is 9.80 Å². The Bertz CT molecular complexity index is 2630. The average molecular weight is 781 g/mol. The molecule has 4 amide bonds. The van der Waals surface area contributed by atoms with Crippen LogP contribution in [-0.4, -0.2) is 54.2 Å². The van der Waals surface area contributed by atoms with Crippen LogP contribution in [0.1, 0.15) is 62.1 Å². The number of hydrogen-bond donors (Lipinski definition) is 2. The molecule has 6 aromatic rings. The van der Waals surface area contributed by atoms with Crippen molar-refractivity contribution in [1.29, 1.82) is 0 Å². The topological polar surface area (TPSA) is 202 Å². The zero-order valence-corrected chi connectivity index (χ0v) is 29.8. The maximum Gasteiger partial charge on any atom is 0.335 e. The van der Waals surface area contributed by atoms with Crippen LogP contribution in [0.2, 0.25) is 0 Å². The number of amides is 4. The summed E-state index contributed by atoms with van der Waals surface area (Å²) >= 11 is 0. The van der Waals surface area contributed by atoms with E-state index in [1.807, 2.05) is 0 Å². The quantitative estimate of drug-likeness (QED) is 0.134. The van der Waals surface area contributed by atoms with Crippen molar-refractivity contribution in [3.8, 4) is 23.0 Å². The van der Waals surface area contributed by atoms with Gasteiger partial charge in [-0.1, -0.05) is 0 Å². The van der Waals surface area contributed by atoms with Gasteiger partial charge in [-0.2, -0.15) is 0 Å². The summed E-state index contributed by atoms with van der Waals surface area (Å²) < 4.78 is 38.7. The van der Waals surface area contributed by atoms with Crippen molar-refractivity contribution in [2.45, 2.75) is 9.79 Å². The van der Waals surface area contributed by atoms with Crippen molar-refractivity contribution in [2.24, 2.45) is 0 Å². The van der Waals surface area contributed by atoms with Gasteiger partial charge >= 0.3 is 11.9 Å². The maximum absolute atomic E-state index is 13.6. The Kier molecular flexibility index (Phi) is 8.70. The van der Waals surface area contributed by atoms with Crippen LogP contribution in [0.5, 0.6) is 23.0 Å². The minimum absolute atomic E-state index is 0.0630. The highest BCUT2D eigenvalue weighted by molar-refractivity contribution is 7.91. The number of rotatable bonds is 10. The molecule has 0 atom stereocenters. The molecule has 0 fully saturated rings. The highest BCUT2D eigenvalue weighted by atomic mass is 32.2. The number of ether oxygens (including phenoxy) is 2. The first-order chi connectivity index (χ1) is 27.3. The zero-order valence-electron chi connectivity index (χ0n) is 29.0. The Hall–Kier alpha value is -7.91. The lowest BCUT2D eigenvalue weighted by molar-refractivity contribution is 0.0686. The molecule has 280 valence electrons. The number of hydrogen-bond acceptors (Lipinski definition) is 10. The van der Waals surface area contributed by atoms with Crippen molar-refractivity contribution in [3.05, 3.63) is 167 Å². The molecule has 2 aliphatic heterocycles. The largest absolute Gasteiger partial charge is 0.478 e. The van der Waals surface area contributed by atoms with Crippen LogP contribution in [0.15, 0.2) is 143 Å². The van der Waals surface area contributed by atoms with E-state index in [0.29, 0.717) is 11.5 Å². The van der Waals surface area contributed by atoms with E-state index in [2.05, 4.69) is 0 Å². The van der Waals surface area contributed by atoms with Gasteiger partial charge in [-0.05, 0) is 133 Å². The second-order valence-corrected chi connectivity index (χ2v) is 14.6. The van der Waals surface area contributed by atoms with Gasteiger partial charge in [0.05, 0.1) is 54.5 Å². The smallest absolute Gasteiger partial charge is 0.335 e. The lowest BCUT2D eigenvalue weighted by Gasteiger charge is -2.15. The van der Waals surface area contributed by atoms with E-state index in [1.54, 1.807) is 0 Å². The molecule has 57 heavy (non-hydrogen) atoms. The Labute approximate surface area is 322 Å². The number of sulfone groups is 1. The molecule has 0 aliphatic carbocycles. The molecule has 0 saturated carbocycles. The Balaban J connectivity index is 0.957. The molecule has 0 saturated heterocycles. The van der Waals surface area contributed by atoms with E-state index in [1.165, 1.54) is 133 Å². The first kappa shape index (κ1) is 36.1. The van der Waals surface area contributed by atoms with Crippen molar-refractivity contribution in [1.82, 2.24) is 0 Å². The summed E-state index contributed by atoms with van der Waals surface area (Å²) in [6.07, 6.45) is 0. The Morgan fingerprint density at radius 3 is 1.07 bits per heavy atom. The lowest BCUT2D eigenvalue weighted by Crippen LogP contribution is -2.29. The number of carboxylic acids is 2. The molecule has 2 aliphatic rings.